The number of hydrogen-bond donors (Lipinski definition) is 2. The molecule has 1 aliphatic carbocycles. The lowest BCUT2D eigenvalue weighted by molar-refractivity contribution is -0.144. The molecule has 0 spiro atoms. The molecular formula is C13H19F3N4. The normalized spacial score (nSPS) is 19.9. The Balaban J connectivity index is 2.09. The van der Waals surface area contributed by atoms with Gasteiger partial charge in [-0.2, -0.15) is 13.2 Å². The average molecular weight is 288 g/mol. The van der Waals surface area contributed by atoms with Gasteiger partial charge >= 0.3 is 6.18 Å². The molecule has 1 aromatic rings. The topological polar surface area (TPSA) is 63.8 Å². The van der Waals surface area contributed by atoms with Crippen molar-refractivity contribution in [3.05, 3.63) is 11.9 Å². The Kier molecular flexibility index (Phi) is 3.80. The molecule has 1 heterocycles. The summed E-state index contributed by atoms with van der Waals surface area (Å²) in [6.45, 7) is 4.40. The molecule has 0 aliphatic heterocycles. The minimum atomic E-state index is -4.58. The molecule has 3 N–H and O–H groups in total. The molecule has 0 saturated heterocycles. The summed E-state index contributed by atoms with van der Waals surface area (Å²) >= 11 is 0. The lowest BCUT2D eigenvalue weighted by Gasteiger charge is -2.34. The number of rotatable bonds is 2. The number of aromatic nitrogens is 2. The van der Waals surface area contributed by atoms with Gasteiger partial charge in [-0.15, -0.1) is 0 Å². The molecular weight excluding hydrogens is 269 g/mol. The first-order chi connectivity index (χ1) is 9.16. The Hall–Kier alpha value is -1.53. The summed E-state index contributed by atoms with van der Waals surface area (Å²) in [7, 11) is 0. The van der Waals surface area contributed by atoms with E-state index in [1.807, 2.05) is 0 Å². The van der Waals surface area contributed by atoms with Crippen molar-refractivity contribution in [1.82, 2.24) is 9.97 Å². The van der Waals surface area contributed by atoms with Gasteiger partial charge < -0.3 is 11.1 Å². The lowest BCUT2D eigenvalue weighted by atomic mass is 9.75. The van der Waals surface area contributed by atoms with Gasteiger partial charge in [-0.05, 0) is 31.1 Å². The van der Waals surface area contributed by atoms with E-state index in [1.54, 1.807) is 0 Å². The first kappa shape index (κ1) is 14.9. The monoisotopic (exact) mass is 288 g/mol. The third kappa shape index (κ3) is 3.74. The third-order valence-corrected chi connectivity index (χ3v) is 3.69. The van der Waals surface area contributed by atoms with E-state index in [0.29, 0.717) is 5.41 Å². The van der Waals surface area contributed by atoms with Crippen LogP contribution in [0.5, 0.6) is 0 Å². The molecule has 0 unspecified atom stereocenters. The third-order valence-electron chi connectivity index (χ3n) is 3.69. The second-order valence-corrected chi connectivity index (χ2v) is 6.08. The number of nitrogens with one attached hydrogen (secondary N) is 1. The maximum absolute atomic E-state index is 12.6. The van der Waals surface area contributed by atoms with Gasteiger partial charge in [-0.3, -0.25) is 0 Å². The molecule has 0 bridgehead atoms. The Morgan fingerprint density at radius 3 is 2.40 bits per heavy atom. The van der Waals surface area contributed by atoms with Crippen LogP contribution in [0.2, 0.25) is 0 Å². The first-order valence-electron chi connectivity index (χ1n) is 6.64. The number of nitrogen functional groups attached to an aromatic ring is 1. The van der Waals surface area contributed by atoms with Crippen LogP contribution in [-0.4, -0.2) is 16.0 Å². The molecule has 1 aromatic heterocycles. The average Bonchev–Trinajstić information content (AvgIpc) is 2.30. The fourth-order valence-corrected chi connectivity index (χ4v) is 2.42. The highest BCUT2D eigenvalue weighted by Crippen LogP contribution is 2.36. The SMILES string of the molecule is CC1(C)CCC(Nc2cc(N)nc(C(F)(F)F)n2)CC1. The maximum atomic E-state index is 12.6. The summed E-state index contributed by atoms with van der Waals surface area (Å²) in [4.78, 5) is 6.73. The van der Waals surface area contributed by atoms with Crippen LogP contribution in [-0.2, 0) is 6.18 Å². The standard InChI is InChI=1S/C13H19F3N4/c1-12(2)5-3-8(4-6-12)18-10-7-9(17)19-11(20-10)13(14,15)16/h7-8H,3-6H2,1-2H3,(H3,17,18,19,20). The first-order valence-corrected chi connectivity index (χ1v) is 6.64. The molecule has 1 saturated carbocycles. The summed E-state index contributed by atoms with van der Waals surface area (Å²) in [6, 6.07) is 1.48. The summed E-state index contributed by atoms with van der Waals surface area (Å²) in [6.07, 6.45) is -0.675. The minimum Gasteiger partial charge on any atom is -0.384 e. The van der Waals surface area contributed by atoms with Crippen LogP contribution < -0.4 is 11.1 Å². The Bertz CT molecular complexity index is 475. The molecule has 1 aliphatic rings. The minimum absolute atomic E-state index is 0.137. The van der Waals surface area contributed by atoms with Gasteiger partial charge in [0.15, 0.2) is 0 Å². The molecule has 0 amide bonds. The van der Waals surface area contributed by atoms with Crippen molar-refractivity contribution in [2.75, 3.05) is 11.1 Å². The molecule has 20 heavy (non-hydrogen) atoms. The highest BCUT2D eigenvalue weighted by Gasteiger charge is 2.35. The highest BCUT2D eigenvalue weighted by atomic mass is 19.4. The van der Waals surface area contributed by atoms with E-state index >= 15 is 0 Å². The van der Waals surface area contributed by atoms with Crippen LogP contribution in [0.15, 0.2) is 6.07 Å². The molecule has 4 nitrogen and oxygen atoms in total. The van der Waals surface area contributed by atoms with E-state index in [0.717, 1.165) is 25.7 Å². The number of nitrogens with two attached hydrogens (primary N) is 1. The largest absolute Gasteiger partial charge is 0.451 e. The fourth-order valence-electron chi connectivity index (χ4n) is 2.42. The number of nitrogens with zero attached hydrogens (tertiary/aromatic N) is 2. The van der Waals surface area contributed by atoms with Crippen molar-refractivity contribution in [2.24, 2.45) is 5.41 Å². The van der Waals surface area contributed by atoms with E-state index in [9.17, 15) is 13.2 Å². The van der Waals surface area contributed by atoms with Crippen molar-refractivity contribution in [3.63, 3.8) is 0 Å². The number of alkyl halides is 3. The molecule has 112 valence electrons. The van der Waals surface area contributed by atoms with Crippen molar-refractivity contribution < 1.29 is 13.2 Å². The molecule has 0 radical (unpaired) electrons. The van der Waals surface area contributed by atoms with E-state index < -0.39 is 12.0 Å². The summed E-state index contributed by atoms with van der Waals surface area (Å²) in [5.74, 6) is -1.23. The Labute approximate surface area is 116 Å². The maximum Gasteiger partial charge on any atom is 0.451 e. The zero-order chi connectivity index (χ0) is 15.0. The van der Waals surface area contributed by atoms with Gasteiger partial charge in [0, 0.05) is 12.1 Å². The summed E-state index contributed by atoms with van der Waals surface area (Å²) in [5, 5.41) is 3.04. The Morgan fingerprint density at radius 2 is 1.85 bits per heavy atom. The summed E-state index contributed by atoms with van der Waals surface area (Å²) in [5.41, 5.74) is 5.72. The van der Waals surface area contributed by atoms with Crippen molar-refractivity contribution in [3.8, 4) is 0 Å². The second kappa shape index (κ2) is 5.10. The van der Waals surface area contributed by atoms with E-state index in [-0.39, 0.29) is 17.7 Å². The van der Waals surface area contributed by atoms with Crippen LogP contribution in [0.1, 0.15) is 45.4 Å². The van der Waals surface area contributed by atoms with Gasteiger partial charge in [0.05, 0.1) is 0 Å². The van der Waals surface area contributed by atoms with Crippen LogP contribution in [0, 0.1) is 5.41 Å². The highest BCUT2D eigenvalue weighted by molar-refractivity contribution is 5.45. The predicted molar refractivity (Wildman–Crippen MR) is 71.1 cm³/mol. The number of halogens is 3. The van der Waals surface area contributed by atoms with E-state index in [2.05, 4.69) is 29.1 Å². The van der Waals surface area contributed by atoms with Gasteiger partial charge in [-0.1, -0.05) is 13.8 Å². The smallest absolute Gasteiger partial charge is 0.384 e. The van der Waals surface area contributed by atoms with Crippen LogP contribution in [0.3, 0.4) is 0 Å². The fraction of sp³-hybridized carbons (Fsp3) is 0.692. The van der Waals surface area contributed by atoms with Crippen LogP contribution >= 0.6 is 0 Å². The zero-order valence-electron chi connectivity index (χ0n) is 11.6. The van der Waals surface area contributed by atoms with Crippen molar-refractivity contribution in [2.45, 2.75) is 51.7 Å². The predicted octanol–water partition coefficient (Wildman–Crippen LogP) is 3.46. The molecule has 2 rings (SSSR count). The quantitative estimate of drug-likeness (QED) is 0.874. The summed E-state index contributed by atoms with van der Waals surface area (Å²) < 4.78 is 37.9. The van der Waals surface area contributed by atoms with Crippen molar-refractivity contribution in [1.29, 1.82) is 0 Å². The van der Waals surface area contributed by atoms with Crippen molar-refractivity contribution >= 4 is 11.6 Å². The van der Waals surface area contributed by atoms with E-state index in [1.165, 1.54) is 6.07 Å². The van der Waals surface area contributed by atoms with Gasteiger partial charge in [0.2, 0.25) is 5.82 Å². The van der Waals surface area contributed by atoms with Gasteiger partial charge in [-0.25, -0.2) is 9.97 Å². The number of hydrogen-bond acceptors (Lipinski definition) is 4. The zero-order valence-corrected chi connectivity index (χ0v) is 11.6. The van der Waals surface area contributed by atoms with Gasteiger partial charge in [0.25, 0.3) is 0 Å². The van der Waals surface area contributed by atoms with E-state index in [4.69, 9.17) is 5.73 Å². The molecule has 7 heteroatoms. The lowest BCUT2D eigenvalue weighted by Crippen LogP contribution is -2.30. The number of anilines is 2. The molecule has 0 aromatic carbocycles. The van der Waals surface area contributed by atoms with Crippen LogP contribution in [0.25, 0.3) is 0 Å². The van der Waals surface area contributed by atoms with Crippen LogP contribution in [0.4, 0.5) is 24.8 Å². The molecule has 0 atom stereocenters. The van der Waals surface area contributed by atoms with Gasteiger partial charge in [0.1, 0.15) is 11.6 Å². The molecule has 1 fully saturated rings. The Morgan fingerprint density at radius 1 is 1.25 bits per heavy atom. The second-order valence-electron chi connectivity index (χ2n) is 6.08.